The van der Waals surface area contributed by atoms with Crippen LogP contribution in [0.15, 0.2) is 42.5 Å². The van der Waals surface area contributed by atoms with Crippen LogP contribution in [0.5, 0.6) is 5.75 Å². The molecule has 0 spiro atoms. The lowest BCUT2D eigenvalue weighted by Gasteiger charge is -2.22. The highest BCUT2D eigenvalue weighted by atomic mass is 32.2. The van der Waals surface area contributed by atoms with E-state index in [-0.39, 0.29) is 0 Å². The molecule has 0 heterocycles. The Morgan fingerprint density at radius 3 is 2.23 bits per heavy atom. The molecule has 0 radical (unpaired) electrons. The minimum absolute atomic E-state index is 0.330. The minimum atomic E-state index is -6.45. The first-order chi connectivity index (χ1) is 12.0. The molecule has 11 heteroatoms. The number of benzene rings is 2. The fourth-order valence-electron chi connectivity index (χ4n) is 2.07. The van der Waals surface area contributed by atoms with Crippen LogP contribution in [-0.4, -0.2) is 43.3 Å². The molecule has 26 heavy (non-hydrogen) atoms. The number of alkyl halides is 4. The van der Waals surface area contributed by atoms with Gasteiger partial charge in [0.25, 0.3) is 0 Å². The molecule has 0 aliphatic carbocycles. The second-order valence-corrected chi connectivity index (χ2v) is 6.54. The lowest BCUT2D eigenvalue weighted by Crippen LogP contribution is -2.55. The summed E-state index contributed by atoms with van der Waals surface area (Å²) < 4.78 is 90.4. The smallest absolute Gasteiger partial charge is 0.451 e. The van der Waals surface area contributed by atoms with Crippen molar-refractivity contribution in [2.45, 2.75) is 11.2 Å². The lowest BCUT2D eigenvalue weighted by molar-refractivity contribution is -0.215. The van der Waals surface area contributed by atoms with Gasteiger partial charge in [0.15, 0.2) is 0 Å². The van der Waals surface area contributed by atoms with E-state index >= 15 is 0 Å². The molecule has 0 aromatic heterocycles. The molecule has 2 aromatic carbocycles. The van der Waals surface area contributed by atoms with E-state index in [4.69, 9.17) is 9.29 Å². The zero-order chi connectivity index (χ0) is 19.6. The van der Waals surface area contributed by atoms with Crippen LogP contribution in [0.25, 0.3) is 10.8 Å². The average Bonchev–Trinajstić information content (AvgIpc) is 2.55. The summed E-state index contributed by atoms with van der Waals surface area (Å²) in [6.45, 7) is -1.35. The van der Waals surface area contributed by atoms with E-state index in [1.165, 1.54) is 0 Å². The van der Waals surface area contributed by atoms with Gasteiger partial charge in [-0.1, -0.05) is 36.4 Å². The number of hydrogen-bond donors (Lipinski definition) is 1. The van der Waals surface area contributed by atoms with Gasteiger partial charge in [0, 0.05) is 5.39 Å². The third kappa shape index (κ3) is 3.73. The zero-order valence-electron chi connectivity index (χ0n) is 12.9. The van der Waals surface area contributed by atoms with Gasteiger partial charge in [-0.05, 0) is 11.5 Å². The Labute approximate surface area is 145 Å². The van der Waals surface area contributed by atoms with Crippen LogP contribution < -0.4 is 4.74 Å². The normalized spacial score (nSPS) is 14.7. The number of carbonyl (C=O) groups excluding carboxylic acids is 1. The van der Waals surface area contributed by atoms with Crippen LogP contribution in [0.1, 0.15) is 0 Å². The van der Waals surface area contributed by atoms with Crippen molar-refractivity contribution in [3.63, 3.8) is 0 Å². The van der Waals surface area contributed by atoms with Gasteiger partial charge >= 0.3 is 27.3 Å². The van der Waals surface area contributed by atoms with Crippen molar-refractivity contribution in [2.75, 3.05) is 13.2 Å². The molecular formula is C15H12F4O6S. The van der Waals surface area contributed by atoms with Crippen molar-refractivity contribution in [1.29, 1.82) is 0 Å². The van der Waals surface area contributed by atoms with Crippen molar-refractivity contribution < 1.29 is 44.8 Å². The number of halogens is 4. The maximum absolute atomic E-state index is 13.7. The van der Waals surface area contributed by atoms with Crippen molar-refractivity contribution in [3.8, 4) is 5.75 Å². The molecule has 0 saturated heterocycles. The summed E-state index contributed by atoms with van der Waals surface area (Å²) in [5.41, 5.74) is 0. The maximum Gasteiger partial charge on any atom is 0.451 e. The zero-order valence-corrected chi connectivity index (χ0v) is 13.7. The third-order valence-electron chi connectivity index (χ3n) is 3.31. The number of rotatable bonds is 6. The van der Waals surface area contributed by atoms with E-state index in [0.717, 1.165) is 5.39 Å². The van der Waals surface area contributed by atoms with Crippen LogP contribution in [0, 0.1) is 0 Å². The lowest BCUT2D eigenvalue weighted by atomic mass is 10.1. The van der Waals surface area contributed by atoms with E-state index in [1.54, 1.807) is 42.5 Å². The summed E-state index contributed by atoms with van der Waals surface area (Å²) >= 11 is 0. The number of fused-ring (bicyclic) bond motifs is 1. The van der Waals surface area contributed by atoms with Gasteiger partial charge in [-0.15, -0.1) is 0 Å². The molecule has 0 amide bonds. The van der Waals surface area contributed by atoms with Crippen molar-refractivity contribution in [1.82, 2.24) is 0 Å². The van der Waals surface area contributed by atoms with Crippen LogP contribution in [0.3, 0.4) is 0 Å². The van der Waals surface area contributed by atoms with E-state index in [1.807, 2.05) is 0 Å². The van der Waals surface area contributed by atoms with Gasteiger partial charge < -0.3 is 9.47 Å². The van der Waals surface area contributed by atoms with E-state index in [2.05, 4.69) is 4.74 Å². The predicted molar refractivity (Wildman–Crippen MR) is 81.8 cm³/mol. The molecule has 0 bridgehead atoms. The van der Waals surface area contributed by atoms with Gasteiger partial charge in [0.1, 0.15) is 19.0 Å². The summed E-state index contributed by atoms with van der Waals surface area (Å²) in [4.78, 5) is 11.3. The predicted octanol–water partition coefficient (Wildman–Crippen LogP) is 2.88. The molecule has 142 valence electrons. The number of carbonyl (C=O) groups is 1. The highest BCUT2D eigenvalue weighted by Crippen LogP contribution is 2.39. The van der Waals surface area contributed by atoms with Crippen molar-refractivity contribution in [3.05, 3.63) is 42.5 Å². The molecular weight excluding hydrogens is 384 g/mol. The van der Waals surface area contributed by atoms with Crippen LogP contribution in [-0.2, 0) is 19.6 Å². The van der Waals surface area contributed by atoms with Crippen LogP contribution >= 0.6 is 0 Å². The maximum atomic E-state index is 13.7. The Hall–Kier alpha value is -2.40. The average molecular weight is 396 g/mol. The number of ether oxygens (including phenoxy) is 2. The topological polar surface area (TPSA) is 89.9 Å². The largest absolute Gasteiger partial charge is 0.489 e. The molecule has 1 atom stereocenters. The molecule has 2 aromatic rings. The first-order valence-electron chi connectivity index (χ1n) is 6.99. The molecule has 0 aliphatic rings. The first-order valence-corrected chi connectivity index (χ1v) is 8.43. The molecule has 0 saturated carbocycles. The molecule has 0 aliphatic heterocycles. The molecule has 1 unspecified atom stereocenters. The SMILES string of the molecule is O=C(OCCOc1cccc2ccccc12)C(F)(C(F)(F)F)S(=O)(=O)O. The highest BCUT2D eigenvalue weighted by Gasteiger charge is 2.72. The van der Waals surface area contributed by atoms with E-state index < -0.39 is 40.5 Å². The first kappa shape index (κ1) is 19.9. The number of hydrogen-bond acceptors (Lipinski definition) is 5. The fraction of sp³-hybridized carbons (Fsp3) is 0.267. The summed E-state index contributed by atoms with van der Waals surface area (Å²) in [6, 6.07) is 12.0. The summed E-state index contributed by atoms with van der Waals surface area (Å²) in [5.74, 6) is -2.47. The molecule has 2 rings (SSSR count). The van der Waals surface area contributed by atoms with Gasteiger partial charge in [-0.25, -0.2) is 9.18 Å². The highest BCUT2D eigenvalue weighted by molar-refractivity contribution is 7.88. The monoisotopic (exact) mass is 396 g/mol. The van der Waals surface area contributed by atoms with Crippen LogP contribution in [0.2, 0.25) is 0 Å². The Kier molecular flexibility index (Phi) is 5.42. The van der Waals surface area contributed by atoms with Gasteiger partial charge in [-0.3, -0.25) is 4.55 Å². The van der Waals surface area contributed by atoms with E-state index in [0.29, 0.717) is 11.1 Å². The van der Waals surface area contributed by atoms with Crippen molar-refractivity contribution >= 4 is 26.9 Å². The van der Waals surface area contributed by atoms with Crippen molar-refractivity contribution in [2.24, 2.45) is 0 Å². The Bertz CT molecular complexity index is 906. The number of esters is 1. The molecule has 0 fully saturated rings. The van der Waals surface area contributed by atoms with Crippen LogP contribution in [0.4, 0.5) is 17.6 Å². The van der Waals surface area contributed by atoms with Gasteiger partial charge in [-0.2, -0.15) is 21.6 Å². The summed E-state index contributed by atoms with van der Waals surface area (Å²) in [5, 5.41) is -4.08. The van der Waals surface area contributed by atoms with Gasteiger partial charge in [0.2, 0.25) is 0 Å². The molecule has 1 N–H and O–H groups in total. The third-order valence-corrected chi connectivity index (χ3v) is 4.42. The summed E-state index contributed by atoms with van der Waals surface area (Å²) in [7, 11) is -6.45. The fourth-order valence-corrected chi connectivity index (χ4v) is 2.63. The standard InChI is InChI=1S/C15H12F4O6S/c16-14(15(17,18)19,26(21,22)23)13(20)25-9-8-24-12-7-3-5-10-4-1-2-6-11(10)12/h1-7H,8-9H2,(H,21,22,23). The minimum Gasteiger partial charge on any atom is -0.489 e. The van der Waals surface area contributed by atoms with Gasteiger partial charge in [0.05, 0.1) is 0 Å². The Balaban J connectivity index is 2.04. The second-order valence-electron chi connectivity index (χ2n) is 5.03. The Morgan fingerprint density at radius 1 is 1.00 bits per heavy atom. The van der Waals surface area contributed by atoms with E-state index in [9.17, 15) is 30.8 Å². The quantitative estimate of drug-likeness (QED) is 0.350. The molecule has 6 nitrogen and oxygen atoms in total. The Morgan fingerprint density at radius 2 is 1.62 bits per heavy atom. The second kappa shape index (κ2) is 7.08. The summed E-state index contributed by atoms with van der Waals surface area (Å²) in [6.07, 6.45) is -6.21.